The van der Waals surface area contributed by atoms with Crippen LogP contribution in [0.5, 0.6) is 0 Å². The van der Waals surface area contributed by atoms with E-state index in [0.29, 0.717) is 0 Å². The van der Waals surface area contributed by atoms with Crippen LogP contribution >= 0.6 is 0 Å². The third kappa shape index (κ3) is 0.212. The van der Waals surface area contributed by atoms with E-state index in [1.165, 1.54) is 57.8 Å². The summed E-state index contributed by atoms with van der Waals surface area (Å²) in [7, 11) is 0. The molecule has 4 unspecified atom stereocenters. The van der Waals surface area contributed by atoms with Gasteiger partial charge in [0.05, 0.1) is 0 Å². The number of fused-ring (bicyclic) bond motifs is 10. The quantitative estimate of drug-likeness (QED) is 0.266. The Balaban J connectivity index is 1.47. The second-order valence-corrected chi connectivity index (χ2v) is 38.0. The van der Waals surface area contributed by atoms with E-state index in [1.54, 1.807) is 38.5 Å². The first kappa shape index (κ1) is 16.2. The summed E-state index contributed by atoms with van der Waals surface area (Å²) in [6, 6.07) is 0. The Kier molecular flexibility index (Phi) is 1.08. The molecule has 10 aliphatic heterocycles. The van der Waals surface area contributed by atoms with Crippen LogP contribution in [-0.4, -0.2) is 0 Å². The van der Waals surface area contributed by atoms with E-state index in [2.05, 4.69) is 41.5 Å². The van der Waals surface area contributed by atoms with Crippen LogP contribution in [0, 0.1) is 0 Å². The minimum absolute atomic E-state index is 1.03. The normalized spacial score (nSPS) is 87.8. The summed E-state index contributed by atoms with van der Waals surface area (Å²) in [6.45, 7) is 11.7. The molecule has 10 saturated heterocycles. The zero-order valence-electron chi connectivity index (χ0n) is 20.1. The van der Waals surface area contributed by atoms with Crippen molar-refractivity contribution in [1.29, 1.82) is 0 Å². The molecule has 4 atom stereocenters. The average Bonchev–Trinajstić information content (AvgIpc) is 3.66. The summed E-state index contributed by atoms with van der Waals surface area (Å²) in [5.74, 6) is 0. The minimum atomic E-state index is -3.82. The van der Waals surface area contributed by atoms with Crippen molar-refractivity contribution >= 4 is 0 Å². The molecule has 1 heteroatoms. The fourth-order valence-electron chi connectivity index (χ4n) is 27.4. The van der Waals surface area contributed by atoms with Gasteiger partial charge in [0.15, 0.2) is 0 Å². The van der Waals surface area contributed by atoms with Gasteiger partial charge in [0.1, 0.15) is 0 Å². The van der Waals surface area contributed by atoms with E-state index in [0.717, 1.165) is 25.9 Å². The Morgan fingerprint density at radius 3 is 0.931 bits per heavy atom. The maximum atomic E-state index is 2.59. The molecular formula is C28H46Fe. The molecule has 1 spiro atoms. The first-order chi connectivity index (χ1) is 13.9. The first-order valence-electron chi connectivity index (χ1n) is 14.1. The monoisotopic (exact) mass is 438 g/mol. The zero-order valence-corrected chi connectivity index (χ0v) is 21.3. The summed E-state index contributed by atoms with van der Waals surface area (Å²) in [4.78, 5) is 5.72. The summed E-state index contributed by atoms with van der Waals surface area (Å²) >= 11 is 0. The van der Waals surface area contributed by atoms with Crippen molar-refractivity contribution in [1.82, 2.24) is 0 Å². The molecule has 29 heavy (non-hydrogen) atoms. The molecule has 0 N–H and O–H groups in total. The summed E-state index contributed by atoms with van der Waals surface area (Å²) in [6.07, 6.45) is 19.5. The van der Waals surface area contributed by atoms with E-state index < -0.39 is 6.51 Å². The molecule has 0 aromatic rings. The van der Waals surface area contributed by atoms with Gasteiger partial charge in [-0.2, -0.15) is 0 Å². The number of hydrogen-bond acceptors (Lipinski definition) is 0. The van der Waals surface area contributed by atoms with Crippen LogP contribution in [0.25, 0.3) is 0 Å². The van der Waals surface area contributed by atoms with Gasteiger partial charge in [-0.25, -0.2) is 0 Å². The summed E-state index contributed by atoms with van der Waals surface area (Å²) in [5, 5.41) is 0. The van der Waals surface area contributed by atoms with Gasteiger partial charge in [0.25, 0.3) is 0 Å². The van der Waals surface area contributed by atoms with Crippen LogP contribution in [0.1, 0.15) is 119 Å². The molecule has 166 valence electrons. The second-order valence-electron chi connectivity index (χ2n) is 15.4. The van der Waals surface area contributed by atoms with E-state index in [9.17, 15) is 0 Å². The molecule has 0 bridgehead atoms. The Labute approximate surface area is 170 Å². The third-order valence-corrected chi connectivity index (χ3v) is 69.3. The van der Waals surface area contributed by atoms with Crippen molar-refractivity contribution in [2.45, 2.75) is 164 Å². The molecule has 0 aromatic heterocycles. The zero-order chi connectivity index (χ0) is 20.1. The van der Waals surface area contributed by atoms with Crippen LogP contribution in [0.4, 0.5) is 0 Å². The maximum absolute atomic E-state index is 3.82. The molecular weight excluding hydrogens is 392 g/mol. The van der Waals surface area contributed by atoms with Crippen molar-refractivity contribution in [2.24, 2.45) is 0 Å². The van der Waals surface area contributed by atoms with Gasteiger partial charge in [-0.3, -0.25) is 0 Å². The van der Waals surface area contributed by atoms with E-state index in [1.807, 2.05) is 0 Å². The molecule has 0 nitrogen and oxygen atoms in total. The number of rotatable bonds is 12. The first-order valence-corrected chi connectivity index (χ1v) is 19.9. The van der Waals surface area contributed by atoms with Gasteiger partial charge in [-0.1, -0.05) is 0 Å². The molecule has 10 rings (SSSR count). The topological polar surface area (TPSA) is 0 Å². The van der Waals surface area contributed by atoms with Crippen LogP contribution in [-0.2, 0) is 6.51 Å². The van der Waals surface area contributed by atoms with Gasteiger partial charge < -0.3 is 0 Å². The standard InChI is InChI=1S/C20H35.C8H11.Fe/c1-6-11-16-17(12-7-2)19(14-9-4)20(15-10-5)18(16)13-8-3;1-2-5-8-6-3-4-7-8;/h6-15H2,1-5H3;3-4,6-7H,2,5H2,1H3;. The van der Waals surface area contributed by atoms with E-state index in [-0.39, 0.29) is 0 Å². The molecule has 0 saturated carbocycles. The van der Waals surface area contributed by atoms with Gasteiger partial charge >= 0.3 is 170 Å². The van der Waals surface area contributed by atoms with Crippen molar-refractivity contribution in [3.05, 3.63) is 0 Å². The second kappa shape index (κ2) is 1.94. The third-order valence-electron chi connectivity index (χ3n) is 21.0. The molecule has 0 aliphatic carbocycles. The summed E-state index contributed by atoms with van der Waals surface area (Å²) < 4.78 is 6.19. The van der Waals surface area contributed by atoms with E-state index in [4.69, 9.17) is 0 Å². The number of hydrogen-bond donors (Lipinski definition) is 0. The Morgan fingerprint density at radius 1 is 0.448 bits per heavy atom. The Hall–Kier alpha value is 0.519. The van der Waals surface area contributed by atoms with E-state index >= 15 is 0 Å². The van der Waals surface area contributed by atoms with Crippen LogP contribution in [0.15, 0.2) is 0 Å². The fraction of sp³-hybridized carbons (Fsp3) is 1.00. The Morgan fingerprint density at radius 2 is 0.724 bits per heavy atom. The van der Waals surface area contributed by atoms with Crippen molar-refractivity contribution in [3.8, 4) is 0 Å². The van der Waals surface area contributed by atoms with Gasteiger partial charge in [-0.15, -0.1) is 0 Å². The SMILES string of the molecule is CCC[C]12[CH]3[CH]4[CH]5[CH]1[Fe]45321678[C]2(CCC)[C]1(CCC)[C]6(CCC)[C]7(CCC)[C]28CCC. The molecule has 0 aromatic carbocycles. The van der Waals surface area contributed by atoms with Crippen LogP contribution in [0.3, 0.4) is 0 Å². The van der Waals surface area contributed by atoms with Crippen LogP contribution in [0.2, 0.25) is 45.1 Å². The fourth-order valence-corrected chi connectivity index (χ4v) is 118. The summed E-state index contributed by atoms with van der Waals surface area (Å²) in [5.41, 5.74) is 0. The Bertz CT molecular complexity index is 1160. The molecule has 0 radical (unpaired) electrons. The van der Waals surface area contributed by atoms with Crippen molar-refractivity contribution in [2.75, 3.05) is 0 Å². The van der Waals surface area contributed by atoms with Crippen molar-refractivity contribution < 1.29 is 6.51 Å². The van der Waals surface area contributed by atoms with Crippen molar-refractivity contribution in [3.63, 3.8) is 0 Å². The molecule has 10 fully saturated rings. The predicted octanol–water partition coefficient (Wildman–Crippen LogP) is 10.4. The predicted molar refractivity (Wildman–Crippen MR) is 121 cm³/mol. The average molecular weight is 439 g/mol. The van der Waals surface area contributed by atoms with Crippen LogP contribution < -0.4 is 0 Å². The molecule has 10 aliphatic rings. The van der Waals surface area contributed by atoms with Gasteiger partial charge in [0, 0.05) is 0 Å². The molecule has 10 heterocycles. The van der Waals surface area contributed by atoms with Gasteiger partial charge in [-0.05, 0) is 0 Å². The molecule has 0 amide bonds. The van der Waals surface area contributed by atoms with Gasteiger partial charge in [0.2, 0.25) is 0 Å².